The molecule has 2 aromatic rings. The van der Waals surface area contributed by atoms with Crippen LogP contribution in [0, 0.1) is 0 Å². The number of benzene rings is 1. The molecule has 0 atom stereocenters. The fraction of sp³-hybridized carbons (Fsp3) is 0.167. The predicted octanol–water partition coefficient (Wildman–Crippen LogP) is 0.731. The fourth-order valence-corrected chi connectivity index (χ4v) is 1.38. The number of carboxylic acid groups (broad SMARTS) is 1. The van der Waals surface area contributed by atoms with Crippen LogP contribution in [0.5, 0.6) is 23.8 Å². The molecular weight excluding hydrogens is 289 g/mol. The van der Waals surface area contributed by atoms with Crippen LogP contribution in [-0.4, -0.2) is 69.8 Å². The van der Waals surface area contributed by atoms with E-state index in [0.29, 0.717) is 0 Å². The molecule has 0 amide bonds. The van der Waals surface area contributed by atoms with Gasteiger partial charge in [-0.2, -0.15) is 0 Å². The molecule has 0 spiro atoms. The summed E-state index contributed by atoms with van der Waals surface area (Å²) < 4.78 is 15.1. The molecule has 1 heterocycles. The van der Waals surface area contributed by atoms with E-state index in [1.165, 1.54) is 26.4 Å². The van der Waals surface area contributed by atoms with Crippen molar-refractivity contribution in [3.8, 4) is 23.8 Å². The first-order valence-corrected chi connectivity index (χ1v) is 5.48. The van der Waals surface area contributed by atoms with Crippen LogP contribution in [0.3, 0.4) is 0 Å². The number of rotatable bonds is 5. The number of methoxy groups -OCH3 is 2. The van der Waals surface area contributed by atoms with E-state index in [-0.39, 0.29) is 58.9 Å². The molecule has 0 saturated carbocycles. The third-order valence-electron chi connectivity index (χ3n) is 2.26. The van der Waals surface area contributed by atoms with E-state index in [0.717, 1.165) is 0 Å². The van der Waals surface area contributed by atoms with Gasteiger partial charge in [0.1, 0.15) is 11.3 Å². The van der Waals surface area contributed by atoms with Crippen LogP contribution in [0.4, 0.5) is 0 Å². The molecule has 2 rings (SSSR count). The van der Waals surface area contributed by atoms with Crippen LogP contribution < -0.4 is 14.2 Å². The van der Waals surface area contributed by atoms with Crippen molar-refractivity contribution in [3.63, 3.8) is 0 Å². The van der Waals surface area contributed by atoms with Crippen molar-refractivity contribution in [1.29, 1.82) is 0 Å². The quantitative estimate of drug-likeness (QED) is 0.806. The molecule has 0 unspecified atom stereocenters. The summed E-state index contributed by atoms with van der Waals surface area (Å²) in [5.41, 5.74) is -0.00848. The molecule has 0 aliphatic heterocycles. The van der Waals surface area contributed by atoms with Gasteiger partial charge < -0.3 is 19.3 Å². The van der Waals surface area contributed by atoms with Crippen LogP contribution in [0.25, 0.3) is 0 Å². The maximum atomic E-state index is 11.1. The zero-order chi connectivity index (χ0) is 14.5. The molecule has 0 saturated heterocycles. The molecule has 0 radical (unpaired) electrons. The second-order valence-electron chi connectivity index (χ2n) is 3.49. The van der Waals surface area contributed by atoms with Crippen molar-refractivity contribution in [3.05, 3.63) is 29.8 Å². The summed E-state index contributed by atoms with van der Waals surface area (Å²) in [6.45, 7) is 0. The molecule has 0 aliphatic carbocycles. The third kappa shape index (κ3) is 4.28. The Bertz CT molecular complexity index is 616. The Kier molecular flexibility index (Phi) is 6.35. The number of aromatic carboxylic acids is 1. The second-order valence-corrected chi connectivity index (χ2v) is 3.49. The zero-order valence-electron chi connectivity index (χ0n) is 10.7. The van der Waals surface area contributed by atoms with Crippen LogP contribution in [0.15, 0.2) is 24.3 Å². The zero-order valence-corrected chi connectivity index (χ0v) is 10.7. The number of hydrogen-bond acceptors (Lipinski definition) is 7. The van der Waals surface area contributed by atoms with Gasteiger partial charge in [0.25, 0.3) is 0 Å². The van der Waals surface area contributed by atoms with Gasteiger partial charge in [0.2, 0.25) is 0 Å². The number of carboxylic acids is 1. The standard InChI is InChI=1S/C12H11N3O5.Na.H/c1-18-10-13-11(19-2)15-12(14-10)20-8-6-4-3-5-7(8)9(16)17;;/h3-6H,1-2H3,(H,16,17);;. The Morgan fingerprint density at radius 3 is 2.05 bits per heavy atom. The van der Waals surface area contributed by atoms with Crippen LogP contribution in [0.1, 0.15) is 10.4 Å². The van der Waals surface area contributed by atoms with Crippen molar-refractivity contribution in [2.45, 2.75) is 0 Å². The second kappa shape index (κ2) is 7.77. The first kappa shape index (κ1) is 17.2. The van der Waals surface area contributed by atoms with Gasteiger partial charge >= 0.3 is 53.6 Å². The molecule has 0 aliphatic rings. The summed E-state index contributed by atoms with van der Waals surface area (Å²) >= 11 is 0. The molecule has 8 nitrogen and oxygen atoms in total. The average molecular weight is 301 g/mol. The summed E-state index contributed by atoms with van der Waals surface area (Å²) in [5, 5.41) is 9.06. The van der Waals surface area contributed by atoms with Gasteiger partial charge in [0.15, 0.2) is 0 Å². The summed E-state index contributed by atoms with van der Waals surface area (Å²) in [6.07, 6.45) is 0. The van der Waals surface area contributed by atoms with Crippen LogP contribution in [0.2, 0.25) is 0 Å². The number of para-hydroxylation sites is 1. The van der Waals surface area contributed by atoms with E-state index in [9.17, 15) is 4.79 Å². The number of ether oxygens (including phenoxy) is 3. The summed E-state index contributed by atoms with van der Waals surface area (Å²) in [6, 6.07) is 6.00. The number of aromatic nitrogens is 3. The molecule has 9 heteroatoms. The molecule has 106 valence electrons. The van der Waals surface area contributed by atoms with E-state index in [1.54, 1.807) is 12.1 Å². The van der Waals surface area contributed by atoms with Gasteiger partial charge in [-0.3, -0.25) is 0 Å². The van der Waals surface area contributed by atoms with E-state index in [2.05, 4.69) is 15.0 Å². The predicted molar refractivity (Wildman–Crippen MR) is 73.6 cm³/mol. The number of carbonyl (C=O) groups is 1. The molecule has 0 fully saturated rings. The summed E-state index contributed by atoms with van der Waals surface area (Å²) in [5.74, 6) is -1.01. The van der Waals surface area contributed by atoms with Crippen LogP contribution >= 0.6 is 0 Å². The summed E-state index contributed by atoms with van der Waals surface area (Å²) in [7, 11) is 2.76. The van der Waals surface area contributed by atoms with Gasteiger partial charge in [-0.15, -0.1) is 15.0 Å². The molecule has 1 aromatic carbocycles. The monoisotopic (exact) mass is 301 g/mol. The summed E-state index contributed by atoms with van der Waals surface area (Å²) in [4.78, 5) is 22.6. The first-order chi connectivity index (χ1) is 9.63. The van der Waals surface area contributed by atoms with Gasteiger partial charge in [-0.1, -0.05) is 12.1 Å². The molecule has 21 heavy (non-hydrogen) atoms. The number of hydrogen-bond donors (Lipinski definition) is 1. The van der Waals surface area contributed by atoms with Gasteiger partial charge in [0.05, 0.1) is 14.2 Å². The Morgan fingerprint density at radius 2 is 1.52 bits per heavy atom. The van der Waals surface area contributed by atoms with Crippen molar-refractivity contribution in [2.75, 3.05) is 14.2 Å². The molecular formula is C12H12N3NaO5. The third-order valence-corrected chi connectivity index (χ3v) is 2.26. The Hall–Kier alpha value is -1.90. The topological polar surface area (TPSA) is 104 Å². The average Bonchev–Trinajstić information content (AvgIpc) is 2.47. The Labute approximate surface area is 142 Å². The maximum absolute atomic E-state index is 11.1. The first-order valence-electron chi connectivity index (χ1n) is 5.48. The normalized spacial score (nSPS) is 9.43. The van der Waals surface area contributed by atoms with Gasteiger partial charge in [-0.25, -0.2) is 4.79 Å². The Morgan fingerprint density at radius 1 is 1.00 bits per heavy atom. The molecule has 0 bridgehead atoms. The van der Waals surface area contributed by atoms with Crippen LogP contribution in [-0.2, 0) is 0 Å². The van der Waals surface area contributed by atoms with E-state index < -0.39 is 5.97 Å². The molecule has 1 N–H and O–H groups in total. The van der Waals surface area contributed by atoms with Gasteiger partial charge in [-0.05, 0) is 12.1 Å². The van der Waals surface area contributed by atoms with Crippen molar-refractivity contribution < 1.29 is 24.1 Å². The molecule has 1 aromatic heterocycles. The number of nitrogens with zero attached hydrogens (tertiary/aromatic N) is 3. The minimum absolute atomic E-state index is 0. The van der Waals surface area contributed by atoms with E-state index in [4.69, 9.17) is 19.3 Å². The van der Waals surface area contributed by atoms with E-state index >= 15 is 0 Å². The van der Waals surface area contributed by atoms with Crippen molar-refractivity contribution >= 4 is 35.5 Å². The van der Waals surface area contributed by atoms with Crippen molar-refractivity contribution in [2.24, 2.45) is 0 Å². The Balaban J connectivity index is 0.00000220. The van der Waals surface area contributed by atoms with Gasteiger partial charge in [0, 0.05) is 0 Å². The van der Waals surface area contributed by atoms with E-state index in [1.807, 2.05) is 0 Å². The van der Waals surface area contributed by atoms with Crippen molar-refractivity contribution in [1.82, 2.24) is 15.0 Å². The SMILES string of the molecule is COc1nc(OC)nc(Oc2ccccc2C(=O)O)n1.[NaH]. The minimum atomic E-state index is -1.12. The fourth-order valence-electron chi connectivity index (χ4n) is 1.38.